The van der Waals surface area contributed by atoms with E-state index in [1.807, 2.05) is 41.5 Å². The number of guanidine groups is 2. The maximum absolute atomic E-state index is 12.7. The van der Waals surface area contributed by atoms with E-state index >= 15 is 0 Å². The molecule has 0 radical (unpaired) electrons. The van der Waals surface area contributed by atoms with Crippen LogP contribution in [0.1, 0.15) is 48.5 Å². The molecular weight excluding hydrogens is 332 g/mol. The Hall–Kier alpha value is -2.50. The lowest BCUT2D eigenvalue weighted by Crippen LogP contribution is -2.56. The maximum Gasteiger partial charge on any atom is 0.245 e. The monoisotopic (exact) mass is 364 g/mol. The van der Waals surface area contributed by atoms with Crippen LogP contribution in [0.3, 0.4) is 0 Å². The van der Waals surface area contributed by atoms with Crippen LogP contribution in [0.15, 0.2) is 9.98 Å². The topological polar surface area (TPSA) is 108 Å². The van der Waals surface area contributed by atoms with Crippen LogP contribution in [0.25, 0.3) is 0 Å². The second-order valence-corrected chi connectivity index (χ2v) is 6.72. The molecule has 0 spiro atoms. The van der Waals surface area contributed by atoms with Crippen LogP contribution < -0.4 is 16.0 Å². The number of amides is 1. The molecule has 1 rings (SSSR count). The minimum Gasteiger partial charge on any atom is -0.354 e. The van der Waals surface area contributed by atoms with E-state index in [1.165, 1.54) is 4.90 Å². The third kappa shape index (κ3) is 5.79. The third-order valence-corrected chi connectivity index (χ3v) is 3.79. The minimum absolute atomic E-state index is 0.114. The lowest BCUT2D eigenvalue weighted by Gasteiger charge is -2.33. The molecule has 0 fully saturated rings. The number of aliphatic imine (C=N–C) groups is 2. The Bertz CT molecular complexity index is 548. The molecule has 1 aliphatic heterocycles. The summed E-state index contributed by atoms with van der Waals surface area (Å²) in [5, 5.41) is 19.1. The van der Waals surface area contributed by atoms with Gasteiger partial charge in [-0.3, -0.25) is 15.0 Å². The Balaban J connectivity index is 3.11. The average Bonchev–Trinajstić information content (AvgIpc) is 2.54. The average molecular weight is 364 g/mol. The minimum atomic E-state index is -0.807. The molecule has 0 aromatic rings. The summed E-state index contributed by atoms with van der Waals surface area (Å²) in [6, 6.07) is -0.341. The molecule has 0 aliphatic carbocycles. The lowest BCUT2D eigenvalue weighted by molar-refractivity contribution is -0.135. The maximum atomic E-state index is 12.7. The molecule has 1 heterocycles. The largest absolute Gasteiger partial charge is 0.354 e. The van der Waals surface area contributed by atoms with Gasteiger partial charge in [0.25, 0.3) is 0 Å². The van der Waals surface area contributed by atoms with Crippen LogP contribution in [-0.4, -0.2) is 65.1 Å². The highest BCUT2D eigenvalue weighted by atomic mass is 16.2. The summed E-state index contributed by atoms with van der Waals surface area (Å²) in [4.78, 5) is 24.6. The van der Waals surface area contributed by atoms with Crippen molar-refractivity contribution in [3.8, 4) is 6.19 Å². The molecule has 0 aromatic carbocycles. The molecule has 1 amide bonds. The fourth-order valence-electron chi connectivity index (χ4n) is 2.51. The summed E-state index contributed by atoms with van der Waals surface area (Å²) in [6.45, 7) is 14.7. The van der Waals surface area contributed by atoms with Crippen LogP contribution in [0.2, 0.25) is 0 Å². The molecule has 0 aromatic heterocycles. The number of likely N-dealkylation sites (N-methyl/N-ethyl adjacent to an activating group) is 1. The van der Waals surface area contributed by atoms with Gasteiger partial charge in [-0.1, -0.05) is 0 Å². The summed E-state index contributed by atoms with van der Waals surface area (Å²) in [7, 11) is 0. The highest BCUT2D eigenvalue weighted by Gasteiger charge is 2.31. The van der Waals surface area contributed by atoms with Crippen molar-refractivity contribution in [2.45, 2.75) is 72.9 Å². The molecule has 1 unspecified atom stereocenters. The van der Waals surface area contributed by atoms with Gasteiger partial charge in [-0.2, -0.15) is 5.26 Å². The molecular formula is C17H32N8O. The zero-order valence-corrected chi connectivity index (χ0v) is 16.9. The summed E-state index contributed by atoms with van der Waals surface area (Å²) in [5.74, 6) is 0.925. The van der Waals surface area contributed by atoms with E-state index in [2.05, 4.69) is 32.1 Å². The zero-order valence-electron chi connectivity index (χ0n) is 16.9. The molecule has 9 heteroatoms. The van der Waals surface area contributed by atoms with Crippen LogP contribution in [-0.2, 0) is 4.79 Å². The summed E-state index contributed by atoms with van der Waals surface area (Å²) >= 11 is 0. The Morgan fingerprint density at radius 1 is 1.12 bits per heavy atom. The fraction of sp³-hybridized carbons (Fsp3) is 0.765. The number of nitriles is 1. The van der Waals surface area contributed by atoms with Crippen molar-refractivity contribution in [1.82, 2.24) is 25.8 Å². The van der Waals surface area contributed by atoms with E-state index in [0.717, 1.165) is 0 Å². The van der Waals surface area contributed by atoms with Gasteiger partial charge in [-0.05, 0) is 48.5 Å². The highest BCUT2D eigenvalue weighted by molar-refractivity contribution is 6.00. The Morgan fingerprint density at radius 3 is 1.92 bits per heavy atom. The number of nitrogens with one attached hydrogen (secondary N) is 3. The SMILES string of the molecule is CCN(CC)C(=O)C(C)N(C#N)C1N=C(NC(C)C)NC(NC(C)C)=N1. The van der Waals surface area contributed by atoms with E-state index in [0.29, 0.717) is 25.0 Å². The number of rotatable bonds is 7. The van der Waals surface area contributed by atoms with Crippen molar-refractivity contribution in [1.29, 1.82) is 5.26 Å². The van der Waals surface area contributed by atoms with Crippen LogP contribution in [0.5, 0.6) is 0 Å². The van der Waals surface area contributed by atoms with E-state index in [4.69, 9.17) is 0 Å². The molecule has 26 heavy (non-hydrogen) atoms. The summed E-state index contributed by atoms with van der Waals surface area (Å²) in [5.41, 5.74) is 0. The zero-order chi connectivity index (χ0) is 19.9. The number of carbonyl (C=O) groups excluding carboxylic acids is 1. The van der Waals surface area contributed by atoms with E-state index in [-0.39, 0.29) is 18.0 Å². The number of hydrogen-bond donors (Lipinski definition) is 3. The Kier molecular flexibility index (Phi) is 8.16. The smallest absolute Gasteiger partial charge is 0.245 e. The molecule has 1 atom stereocenters. The first-order chi connectivity index (χ1) is 12.2. The second kappa shape index (κ2) is 9.85. The third-order valence-electron chi connectivity index (χ3n) is 3.79. The first-order valence-electron chi connectivity index (χ1n) is 9.15. The van der Waals surface area contributed by atoms with Crippen molar-refractivity contribution >= 4 is 17.8 Å². The molecule has 3 N–H and O–H groups in total. The van der Waals surface area contributed by atoms with Crippen molar-refractivity contribution in [2.75, 3.05) is 13.1 Å². The van der Waals surface area contributed by atoms with Gasteiger partial charge in [0.15, 0.2) is 6.19 Å². The summed E-state index contributed by atoms with van der Waals surface area (Å²) < 4.78 is 0. The normalized spacial score (nSPS) is 15.5. The molecule has 1 aliphatic rings. The van der Waals surface area contributed by atoms with Gasteiger partial charge < -0.3 is 15.5 Å². The molecule has 0 saturated heterocycles. The standard InChI is InChI=1S/C17H32N8O/c1-8-24(9-2)14(26)13(7)25(10-18)17-22-15(19-11(3)4)21-16(23-17)20-12(5)6/h11-13,17H,8-9H2,1-7H3,(H3,19,20,21,22,23). The number of nitrogens with zero attached hydrogens (tertiary/aromatic N) is 5. The number of hydrogen-bond acceptors (Lipinski definition) is 8. The van der Waals surface area contributed by atoms with Crippen LogP contribution in [0.4, 0.5) is 0 Å². The molecule has 0 bridgehead atoms. The molecule has 146 valence electrons. The predicted octanol–water partition coefficient (Wildman–Crippen LogP) is 0.621. The van der Waals surface area contributed by atoms with Crippen molar-refractivity contribution in [3.05, 3.63) is 0 Å². The van der Waals surface area contributed by atoms with Gasteiger partial charge in [-0.25, -0.2) is 9.98 Å². The molecule has 0 saturated carbocycles. The van der Waals surface area contributed by atoms with E-state index in [1.54, 1.807) is 11.8 Å². The Labute approximate surface area is 156 Å². The summed E-state index contributed by atoms with van der Waals surface area (Å²) in [6.07, 6.45) is 1.28. The van der Waals surface area contributed by atoms with Crippen molar-refractivity contribution in [2.24, 2.45) is 9.98 Å². The van der Waals surface area contributed by atoms with Gasteiger partial charge in [0.2, 0.25) is 24.1 Å². The first kappa shape index (κ1) is 21.5. The fourth-order valence-corrected chi connectivity index (χ4v) is 2.51. The molecule has 9 nitrogen and oxygen atoms in total. The second-order valence-electron chi connectivity index (χ2n) is 6.72. The first-order valence-corrected chi connectivity index (χ1v) is 9.15. The van der Waals surface area contributed by atoms with Gasteiger partial charge in [0.1, 0.15) is 6.04 Å². The van der Waals surface area contributed by atoms with Crippen LogP contribution >= 0.6 is 0 Å². The van der Waals surface area contributed by atoms with Gasteiger partial charge >= 0.3 is 0 Å². The van der Waals surface area contributed by atoms with Crippen molar-refractivity contribution in [3.63, 3.8) is 0 Å². The van der Waals surface area contributed by atoms with Crippen molar-refractivity contribution < 1.29 is 4.79 Å². The van der Waals surface area contributed by atoms with Gasteiger partial charge in [-0.15, -0.1) is 0 Å². The quantitative estimate of drug-likeness (QED) is 0.451. The van der Waals surface area contributed by atoms with Gasteiger partial charge in [0.05, 0.1) is 0 Å². The van der Waals surface area contributed by atoms with Gasteiger partial charge in [0, 0.05) is 25.2 Å². The van der Waals surface area contributed by atoms with E-state index in [9.17, 15) is 10.1 Å². The highest BCUT2D eigenvalue weighted by Crippen LogP contribution is 2.12. The predicted molar refractivity (Wildman–Crippen MR) is 103 cm³/mol. The van der Waals surface area contributed by atoms with Crippen LogP contribution in [0, 0.1) is 11.5 Å². The Morgan fingerprint density at radius 2 is 1.58 bits per heavy atom. The van der Waals surface area contributed by atoms with E-state index < -0.39 is 12.3 Å². The lowest BCUT2D eigenvalue weighted by atomic mass is 10.2. The number of carbonyl (C=O) groups is 1.